The number of aromatic nitrogens is 4. The van der Waals surface area contributed by atoms with E-state index in [9.17, 15) is 10.1 Å². The van der Waals surface area contributed by atoms with Crippen LogP contribution in [0.5, 0.6) is 11.8 Å². The molecule has 9 heteroatoms. The Morgan fingerprint density at radius 3 is 2.78 bits per heavy atom. The summed E-state index contributed by atoms with van der Waals surface area (Å²) in [5.74, 6) is 1.01. The second kappa shape index (κ2) is 5.45. The maximum absolute atomic E-state index is 10.5. The van der Waals surface area contributed by atoms with Crippen LogP contribution in [-0.4, -0.2) is 31.4 Å². The molecule has 0 atom stereocenters. The molecule has 0 amide bonds. The lowest BCUT2D eigenvalue weighted by Crippen LogP contribution is -2.00. The topological polar surface area (TPSA) is 96.0 Å². The SMILES string of the molecule is CSCn1nnnc1Oc1ccc([N+](=O)[O-])cc1. The molecule has 0 aliphatic heterocycles. The highest BCUT2D eigenvalue weighted by Crippen LogP contribution is 2.22. The van der Waals surface area contributed by atoms with Crippen molar-refractivity contribution in [1.82, 2.24) is 20.2 Å². The molecule has 2 rings (SSSR count). The molecule has 0 spiro atoms. The summed E-state index contributed by atoms with van der Waals surface area (Å²) in [5, 5.41) is 21.5. The third-order valence-corrected chi connectivity index (χ3v) is 2.51. The van der Waals surface area contributed by atoms with Crippen LogP contribution < -0.4 is 4.74 Å². The van der Waals surface area contributed by atoms with E-state index in [-0.39, 0.29) is 11.7 Å². The van der Waals surface area contributed by atoms with Gasteiger partial charge in [-0.05, 0) is 28.8 Å². The van der Waals surface area contributed by atoms with Gasteiger partial charge in [0.2, 0.25) is 0 Å². The van der Waals surface area contributed by atoms with E-state index >= 15 is 0 Å². The lowest BCUT2D eigenvalue weighted by atomic mass is 10.3. The Morgan fingerprint density at radius 1 is 1.44 bits per heavy atom. The van der Waals surface area contributed by atoms with E-state index < -0.39 is 4.92 Å². The van der Waals surface area contributed by atoms with Crippen molar-refractivity contribution in [3.8, 4) is 11.8 Å². The molecule has 0 saturated carbocycles. The van der Waals surface area contributed by atoms with Crippen molar-refractivity contribution in [1.29, 1.82) is 0 Å². The van der Waals surface area contributed by atoms with Gasteiger partial charge >= 0.3 is 6.01 Å². The number of hydrogen-bond acceptors (Lipinski definition) is 7. The van der Waals surface area contributed by atoms with Crippen molar-refractivity contribution in [3.05, 3.63) is 34.4 Å². The zero-order chi connectivity index (χ0) is 13.0. The Labute approximate surface area is 106 Å². The van der Waals surface area contributed by atoms with Gasteiger partial charge in [-0.15, -0.1) is 11.8 Å². The zero-order valence-corrected chi connectivity index (χ0v) is 10.2. The molecule has 0 unspecified atom stereocenters. The Kier molecular flexibility index (Phi) is 3.72. The predicted molar refractivity (Wildman–Crippen MR) is 64.5 cm³/mol. The lowest BCUT2D eigenvalue weighted by molar-refractivity contribution is -0.384. The zero-order valence-electron chi connectivity index (χ0n) is 9.39. The molecule has 1 aromatic heterocycles. The number of nitrogens with zero attached hydrogens (tertiary/aromatic N) is 5. The summed E-state index contributed by atoms with van der Waals surface area (Å²) in [5.41, 5.74) is 0.00561. The summed E-state index contributed by atoms with van der Waals surface area (Å²) in [6.45, 7) is 0. The van der Waals surface area contributed by atoms with Crippen LogP contribution in [0.25, 0.3) is 0 Å². The first kappa shape index (κ1) is 12.3. The van der Waals surface area contributed by atoms with Crippen LogP contribution in [0.1, 0.15) is 0 Å². The summed E-state index contributed by atoms with van der Waals surface area (Å²) >= 11 is 1.54. The molecule has 0 fully saturated rings. The largest absolute Gasteiger partial charge is 0.423 e. The lowest BCUT2D eigenvalue weighted by Gasteiger charge is -2.04. The van der Waals surface area contributed by atoms with Crippen LogP contribution in [0.15, 0.2) is 24.3 Å². The van der Waals surface area contributed by atoms with Crippen molar-refractivity contribution in [3.63, 3.8) is 0 Å². The standard InChI is InChI=1S/C9H9N5O3S/c1-18-6-13-9(10-11-12-13)17-8-4-2-7(3-5-8)14(15)16/h2-5H,6H2,1H3. The van der Waals surface area contributed by atoms with E-state index in [0.29, 0.717) is 11.6 Å². The van der Waals surface area contributed by atoms with Crippen molar-refractivity contribution in [2.45, 2.75) is 5.88 Å². The van der Waals surface area contributed by atoms with Gasteiger partial charge in [-0.25, -0.2) is 0 Å². The Hall–Kier alpha value is -2.16. The fourth-order valence-electron chi connectivity index (χ4n) is 1.21. The minimum Gasteiger partial charge on any atom is -0.423 e. The molecule has 1 aromatic carbocycles. The first-order valence-electron chi connectivity index (χ1n) is 4.88. The third kappa shape index (κ3) is 2.74. The number of tetrazole rings is 1. The normalized spacial score (nSPS) is 10.3. The molecule has 0 aliphatic rings. The van der Waals surface area contributed by atoms with Crippen molar-refractivity contribution in [2.75, 3.05) is 6.26 Å². The smallest absolute Gasteiger partial charge is 0.341 e. The molecule has 0 radical (unpaired) electrons. The molecule has 0 N–H and O–H groups in total. The second-order valence-corrected chi connectivity index (χ2v) is 4.07. The quantitative estimate of drug-likeness (QED) is 0.600. The number of rotatable bonds is 5. The summed E-state index contributed by atoms with van der Waals surface area (Å²) in [6.07, 6.45) is 1.91. The fraction of sp³-hybridized carbons (Fsp3) is 0.222. The number of nitro benzene ring substituents is 1. The van der Waals surface area contributed by atoms with Crippen LogP contribution in [-0.2, 0) is 5.88 Å². The van der Waals surface area contributed by atoms with Gasteiger partial charge in [-0.2, -0.15) is 4.68 Å². The highest BCUT2D eigenvalue weighted by atomic mass is 32.2. The van der Waals surface area contributed by atoms with Gasteiger partial charge in [0.25, 0.3) is 5.69 Å². The van der Waals surface area contributed by atoms with Gasteiger partial charge in [-0.3, -0.25) is 10.1 Å². The molecular formula is C9H9N5O3S. The number of nitro groups is 1. The minimum absolute atomic E-state index is 0.00561. The number of non-ortho nitro benzene ring substituents is 1. The summed E-state index contributed by atoms with van der Waals surface area (Å²) in [7, 11) is 0. The van der Waals surface area contributed by atoms with Crippen molar-refractivity contribution in [2.24, 2.45) is 0 Å². The predicted octanol–water partition coefficient (Wildman–Crippen LogP) is 1.69. The van der Waals surface area contributed by atoms with Gasteiger partial charge in [-0.1, -0.05) is 5.10 Å². The maximum atomic E-state index is 10.5. The Bertz CT molecular complexity index is 541. The summed E-state index contributed by atoms with van der Waals surface area (Å²) in [4.78, 5) is 10.0. The van der Waals surface area contributed by atoms with Crippen LogP contribution in [0.4, 0.5) is 5.69 Å². The first-order chi connectivity index (χ1) is 8.70. The third-order valence-electron chi connectivity index (χ3n) is 2.01. The van der Waals surface area contributed by atoms with E-state index in [1.54, 1.807) is 11.8 Å². The van der Waals surface area contributed by atoms with E-state index in [4.69, 9.17) is 4.74 Å². The molecule has 8 nitrogen and oxygen atoms in total. The summed E-state index contributed by atoms with van der Waals surface area (Å²) in [6, 6.07) is 5.96. The highest BCUT2D eigenvalue weighted by Gasteiger charge is 2.09. The van der Waals surface area contributed by atoms with Gasteiger partial charge < -0.3 is 4.74 Å². The van der Waals surface area contributed by atoms with Gasteiger partial charge in [0.15, 0.2) is 0 Å². The van der Waals surface area contributed by atoms with E-state index in [0.717, 1.165) is 0 Å². The first-order valence-corrected chi connectivity index (χ1v) is 6.27. The van der Waals surface area contributed by atoms with Crippen LogP contribution in [0, 0.1) is 10.1 Å². The van der Waals surface area contributed by atoms with Crippen LogP contribution >= 0.6 is 11.8 Å². The Balaban J connectivity index is 2.13. The summed E-state index contributed by atoms with van der Waals surface area (Å²) < 4.78 is 6.92. The maximum Gasteiger partial charge on any atom is 0.341 e. The molecule has 2 aromatic rings. The van der Waals surface area contributed by atoms with Crippen LogP contribution in [0.2, 0.25) is 0 Å². The highest BCUT2D eigenvalue weighted by molar-refractivity contribution is 7.97. The van der Waals surface area contributed by atoms with Gasteiger partial charge in [0.1, 0.15) is 5.75 Å². The minimum atomic E-state index is -0.471. The van der Waals surface area contributed by atoms with Crippen molar-refractivity contribution >= 4 is 17.4 Å². The second-order valence-electron chi connectivity index (χ2n) is 3.23. The molecular weight excluding hydrogens is 258 g/mol. The molecule has 94 valence electrons. The molecule has 0 saturated heterocycles. The van der Waals surface area contributed by atoms with Gasteiger partial charge in [0.05, 0.1) is 10.8 Å². The number of thioether (sulfide) groups is 1. The van der Waals surface area contributed by atoms with Crippen molar-refractivity contribution < 1.29 is 9.66 Å². The van der Waals surface area contributed by atoms with Crippen LogP contribution in [0.3, 0.4) is 0 Å². The monoisotopic (exact) mass is 267 g/mol. The number of ether oxygens (including phenoxy) is 1. The molecule has 0 aliphatic carbocycles. The molecule has 1 heterocycles. The van der Waals surface area contributed by atoms with E-state index in [1.165, 1.54) is 28.9 Å². The van der Waals surface area contributed by atoms with E-state index in [2.05, 4.69) is 15.5 Å². The Morgan fingerprint density at radius 2 is 2.17 bits per heavy atom. The average molecular weight is 267 g/mol. The van der Waals surface area contributed by atoms with Gasteiger partial charge in [0, 0.05) is 12.1 Å². The fourth-order valence-corrected chi connectivity index (χ4v) is 1.62. The number of hydrogen-bond donors (Lipinski definition) is 0. The number of benzene rings is 1. The average Bonchev–Trinajstić information content (AvgIpc) is 2.78. The van der Waals surface area contributed by atoms with E-state index in [1.807, 2.05) is 6.26 Å². The molecule has 18 heavy (non-hydrogen) atoms. The molecule has 0 bridgehead atoms.